The topological polar surface area (TPSA) is 61.0 Å². The van der Waals surface area contributed by atoms with Gasteiger partial charge in [-0.15, -0.1) is 0 Å². The molecule has 0 spiro atoms. The predicted molar refractivity (Wildman–Crippen MR) is 90.4 cm³/mol. The molecule has 0 saturated heterocycles. The first-order valence-electron chi connectivity index (χ1n) is 7.83. The Kier molecular flexibility index (Phi) is 3.93. The molecule has 6 heteroatoms. The molecular formula is C19H14FNO4. The zero-order valence-corrected chi connectivity index (χ0v) is 13.1. The quantitative estimate of drug-likeness (QED) is 0.683. The highest BCUT2D eigenvalue weighted by molar-refractivity contribution is 6.01. The number of nitrogens with zero attached hydrogens (tertiary/aromatic N) is 1. The molecule has 0 N–H and O–H groups in total. The molecule has 0 amide bonds. The van der Waals surface area contributed by atoms with Crippen molar-refractivity contribution in [1.29, 1.82) is 0 Å². The maximum absolute atomic E-state index is 13.0. The molecular weight excluding hydrogens is 325 g/mol. The van der Waals surface area contributed by atoms with Crippen molar-refractivity contribution in [2.24, 2.45) is 5.16 Å². The summed E-state index contributed by atoms with van der Waals surface area (Å²) < 4.78 is 23.8. The number of fused-ring (bicyclic) bond motifs is 1. The molecule has 0 radical (unpaired) electrons. The number of ether oxygens (including phenoxy) is 1. The van der Waals surface area contributed by atoms with E-state index in [0.717, 1.165) is 16.7 Å². The number of halogens is 1. The van der Waals surface area contributed by atoms with E-state index in [4.69, 9.17) is 14.0 Å². The molecule has 3 aromatic rings. The van der Waals surface area contributed by atoms with E-state index in [1.54, 1.807) is 30.3 Å². The molecule has 126 valence electrons. The number of oxime groups is 1. The summed E-state index contributed by atoms with van der Waals surface area (Å²) in [6.45, 7) is 0.302. The van der Waals surface area contributed by atoms with Crippen LogP contribution in [0.5, 0.6) is 5.75 Å². The van der Waals surface area contributed by atoms with E-state index in [9.17, 15) is 9.18 Å². The third kappa shape index (κ3) is 3.38. The lowest BCUT2D eigenvalue weighted by atomic mass is 10.1. The molecule has 2 heterocycles. The van der Waals surface area contributed by atoms with Crippen LogP contribution in [0, 0.1) is 5.82 Å². The average molecular weight is 339 g/mol. The molecule has 4 rings (SSSR count). The lowest BCUT2D eigenvalue weighted by Crippen LogP contribution is -2.18. The molecule has 1 aromatic heterocycles. The smallest absolute Gasteiger partial charge is 0.336 e. The molecule has 1 aliphatic rings. The van der Waals surface area contributed by atoms with Gasteiger partial charge in [0.15, 0.2) is 6.10 Å². The van der Waals surface area contributed by atoms with Crippen molar-refractivity contribution in [3.8, 4) is 5.75 Å². The van der Waals surface area contributed by atoms with Crippen molar-refractivity contribution >= 4 is 16.7 Å². The van der Waals surface area contributed by atoms with Gasteiger partial charge in [-0.3, -0.25) is 0 Å². The van der Waals surface area contributed by atoms with Crippen LogP contribution < -0.4 is 10.4 Å². The van der Waals surface area contributed by atoms with Gasteiger partial charge in [0.1, 0.15) is 23.8 Å². The molecule has 0 aliphatic carbocycles. The van der Waals surface area contributed by atoms with Crippen LogP contribution in [0.4, 0.5) is 4.39 Å². The van der Waals surface area contributed by atoms with E-state index < -0.39 is 5.63 Å². The number of rotatable bonds is 4. The van der Waals surface area contributed by atoms with Crippen LogP contribution in [-0.4, -0.2) is 18.4 Å². The molecule has 2 aromatic carbocycles. The minimum Gasteiger partial charge on any atom is -0.489 e. The normalized spacial score (nSPS) is 16.5. The summed E-state index contributed by atoms with van der Waals surface area (Å²) in [6.07, 6.45) is 0.354. The highest BCUT2D eigenvalue weighted by Gasteiger charge is 2.23. The summed E-state index contributed by atoms with van der Waals surface area (Å²) in [6, 6.07) is 14.5. The van der Waals surface area contributed by atoms with Gasteiger partial charge in [0.25, 0.3) is 0 Å². The third-order valence-electron chi connectivity index (χ3n) is 3.94. The van der Waals surface area contributed by atoms with Crippen molar-refractivity contribution in [1.82, 2.24) is 0 Å². The minimum absolute atomic E-state index is 0.224. The van der Waals surface area contributed by atoms with Gasteiger partial charge < -0.3 is 14.0 Å². The predicted octanol–water partition coefficient (Wildman–Crippen LogP) is 3.50. The first kappa shape index (κ1) is 15.4. The van der Waals surface area contributed by atoms with Gasteiger partial charge in [-0.2, -0.15) is 0 Å². The maximum atomic E-state index is 13.0. The zero-order valence-electron chi connectivity index (χ0n) is 13.1. The largest absolute Gasteiger partial charge is 0.489 e. The summed E-state index contributed by atoms with van der Waals surface area (Å²) in [5, 5.41) is 4.87. The fraction of sp³-hybridized carbons (Fsp3) is 0.158. The summed E-state index contributed by atoms with van der Waals surface area (Å²) in [4.78, 5) is 16.7. The molecule has 25 heavy (non-hydrogen) atoms. The zero-order chi connectivity index (χ0) is 17.2. The van der Waals surface area contributed by atoms with Gasteiger partial charge in [0.2, 0.25) is 0 Å². The third-order valence-corrected chi connectivity index (χ3v) is 3.94. The Hall–Kier alpha value is -3.15. The first-order valence-corrected chi connectivity index (χ1v) is 7.83. The Morgan fingerprint density at radius 3 is 2.76 bits per heavy atom. The molecule has 5 nitrogen and oxygen atoms in total. The molecule has 0 saturated carbocycles. The SMILES string of the molecule is O=c1ccc2ccc(OCC3CC(c4ccc(F)cc4)=NO3)cc2o1. The summed E-state index contributed by atoms with van der Waals surface area (Å²) >= 11 is 0. The molecule has 1 aliphatic heterocycles. The van der Waals surface area contributed by atoms with Crippen LogP contribution in [0.15, 0.2) is 69.0 Å². The minimum atomic E-state index is -0.402. The van der Waals surface area contributed by atoms with Gasteiger partial charge in [0, 0.05) is 23.9 Å². The van der Waals surface area contributed by atoms with Gasteiger partial charge in [-0.05, 0) is 35.9 Å². The number of benzene rings is 2. The van der Waals surface area contributed by atoms with Crippen molar-refractivity contribution in [2.75, 3.05) is 6.61 Å². The van der Waals surface area contributed by atoms with Crippen LogP contribution in [0.3, 0.4) is 0 Å². The highest BCUT2D eigenvalue weighted by Crippen LogP contribution is 2.22. The van der Waals surface area contributed by atoms with E-state index in [1.807, 2.05) is 6.07 Å². The van der Waals surface area contributed by atoms with Gasteiger partial charge in [-0.1, -0.05) is 17.3 Å². The molecule has 1 unspecified atom stereocenters. The number of hydrogen-bond donors (Lipinski definition) is 0. The van der Waals surface area contributed by atoms with E-state index in [2.05, 4.69) is 5.16 Å². The van der Waals surface area contributed by atoms with E-state index >= 15 is 0 Å². The summed E-state index contributed by atoms with van der Waals surface area (Å²) in [5.74, 6) is 0.298. The Morgan fingerprint density at radius 1 is 1.12 bits per heavy atom. The Morgan fingerprint density at radius 2 is 1.92 bits per heavy atom. The van der Waals surface area contributed by atoms with Crippen LogP contribution in [-0.2, 0) is 4.84 Å². The van der Waals surface area contributed by atoms with Gasteiger partial charge in [0.05, 0.1) is 5.71 Å². The van der Waals surface area contributed by atoms with E-state index in [0.29, 0.717) is 24.4 Å². The second-order valence-electron chi connectivity index (χ2n) is 5.74. The van der Waals surface area contributed by atoms with Crippen LogP contribution >= 0.6 is 0 Å². The summed E-state index contributed by atoms with van der Waals surface area (Å²) in [5.41, 5.74) is 1.66. The highest BCUT2D eigenvalue weighted by atomic mass is 19.1. The molecule has 0 bridgehead atoms. The van der Waals surface area contributed by atoms with Crippen molar-refractivity contribution in [3.63, 3.8) is 0 Å². The van der Waals surface area contributed by atoms with Crippen LogP contribution in [0.1, 0.15) is 12.0 Å². The van der Waals surface area contributed by atoms with Gasteiger partial charge >= 0.3 is 5.63 Å². The summed E-state index contributed by atoms with van der Waals surface area (Å²) in [7, 11) is 0. The Labute approximate surface area is 142 Å². The second kappa shape index (κ2) is 6.39. The average Bonchev–Trinajstić information content (AvgIpc) is 3.09. The van der Waals surface area contributed by atoms with Crippen molar-refractivity contribution in [3.05, 3.63) is 76.4 Å². The Bertz CT molecular complexity index is 994. The lowest BCUT2D eigenvalue weighted by Gasteiger charge is -2.10. The van der Waals surface area contributed by atoms with Crippen molar-refractivity contribution < 1.29 is 18.4 Å². The van der Waals surface area contributed by atoms with Gasteiger partial charge in [-0.25, -0.2) is 9.18 Å². The van der Waals surface area contributed by atoms with Crippen LogP contribution in [0.2, 0.25) is 0 Å². The van der Waals surface area contributed by atoms with Crippen LogP contribution in [0.25, 0.3) is 11.0 Å². The fourth-order valence-corrected chi connectivity index (χ4v) is 2.65. The Balaban J connectivity index is 1.39. The standard InChI is InChI=1S/C19H14FNO4/c20-14-5-1-12(2-6-14)17-9-16(25-21-17)11-23-15-7-3-13-4-8-19(22)24-18(13)10-15/h1-8,10,16H,9,11H2. The van der Waals surface area contributed by atoms with E-state index in [-0.39, 0.29) is 11.9 Å². The van der Waals surface area contributed by atoms with Crippen molar-refractivity contribution in [2.45, 2.75) is 12.5 Å². The second-order valence-corrected chi connectivity index (χ2v) is 5.74. The first-order chi connectivity index (χ1) is 12.2. The maximum Gasteiger partial charge on any atom is 0.336 e. The fourth-order valence-electron chi connectivity index (χ4n) is 2.65. The lowest BCUT2D eigenvalue weighted by molar-refractivity contribution is 0.0471. The molecule has 1 atom stereocenters. The van der Waals surface area contributed by atoms with E-state index in [1.165, 1.54) is 18.2 Å². The number of hydrogen-bond acceptors (Lipinski definition) is 5. The molecule has 0 fully saturated rings. The monoisotopic (exact) mass is 339 g/mol.